The van der Waals surface area contributed by atoms with Crippen LogP contribution in [0, 0.1) is 0 Å². The van der Waals surface area contributed by atoms with Crippen LogP contribution in [0.4, 0.5) is 5.82 Å². The summed E-state index contributed by atoms with van der Waals surface area (Å²) in [5.41, 5.74) is 1.78. The maximum Gasteiger partial charge on any atom is 0.246 e. The second-order valence-corrected chi connectivity index (χ2v) is 7.63. The Morgan fingerprint density at radius 2 is 1.72 bits per heavy atom. The Bertz CT molecular complexity index is 1150. The molecule has 2 aromatic carbocycles. The number of amides is 1. The van der Waals surface area contributed by atoms with Gasteiger partial charge in [0.1, 0.15) is 31.1 Å². The van der Waals surface area contributed by atoms with Crippen LogP contribution in [-0.4, -0.2) is 67.3 Å². The molecule has 164 valence electrons. The van der Waals surface area contributed by atoms with Crippen molar-refractivity contribution in [3.63, 3.8) is 0 Å². The van der Waals surface area contributed by atoms with Crippen LogP contribution in [0.3, 0.4) is 0 Å². The molecule has 0 saturated carbocycles. The molecule has 0 radical (unpaired) electrons. The van der Waals surface area contributed by atoms with Gasteiger partial charge in [-0.05, 0) is 29.8 Å². The maximum atomic E-state index is 12.7. The van der Waals surface area contributed by atoms with Gasteiger partial charge in [0.2, 0.25) is 5.91 Å². The van der Waals surface area contributed by atoms with E-state index in [1.54, 1.807) is 19.5 Å². The number of hydrogen-bond donors (Lipinski definition) is 0. The zero-order valence-electron chi connectivity index (χ0n) is 17.9. The van der Waals surface area contributed by atoms with Gasteiger partial charge in [-0.25, -0.2) is 9.97 Å². The summed E-state index contributed by atoms with van der Waals surface area (Å²) in [6.07, 6.45) is 5.03. The Morgan fingerprint density at radius 1 is 1.00 bits per heavy atom. The third-order valence-corrected chi connectivity index (χ3v) is 5.70. The predicted molar refractivity (Wildman–Crippen MR) is 121 cm³/mol. The molecule has 8 nitrogen and oxygen atoms in total. The highest BCUT2D eigenvalue weighted by Gasteiger charge is 2.23. The number of methoxy groups -OCH3 is 1. The van der Waals surface area contributed by atoms with E-state index in [-0.39, 0.29) is 5.91 Å². The average Bonchev–Trinajstić information content (AvgIpc) is 2.86. The number of rotatable bonds is 4. The van der Waals surface area contributed by atoms with Crippen molar-refractivity contribution in [1.82, 2.24) is 14.9 Å². The maximum absolute atomic E-state index is 12.7. The number of nitrogens with zero attached hydrogens (tertiary/aromatic N) is 4. The lowest BCUT2D eigenvalue weighted by Gasteiger charge is -2.35. The molecule has 1 fully saturated rings. The summed E-state index contributed by atoms with van der Waals surface area (Å²) in [5.74, 6) is 3.09. The Labute approximate surface area is 186 Å². The summed E-state index contributed by atoms with van der Waals surface area (Å²) in [4.78, 5) is 25.6. The molecule has 3 heterocycles. The Morgan fingerprint density at radius 3 is 2.44 bits per heavy atom. The van der Waals surface area contributed by atoms with Gasteiger partial charge in [0.25, 0.3) is 0 Å². The summed E-state index contributed by atoms with van der Waals surface area (Å²) >= 11 is 0. The third-order valence-electron chi connectivity index (χ3n) is 5.70. The second-order valence-electron chi connectivity index (χ2n) is 7.63. The molecule has 3 aromatic rings. The van der Waals surface area contributed by atoms with E-state index in [2.05, 4.69) is 14.9 Å². The van der Waals surface area contributed by atoms with Crippen LogP contribution < -0.4 is 19.1 Å². The molecule has 2 aliphatic rings. The quantitative estimate of drug-likeness (QED) is 0.587. The van der Waals surface area contributed by atoms with Crippen LogP contribution in [0.5, 0.6) is 17.2 Å². The molecule has 2 aliphatic heterocycles. The van der Waals surface area contributed by atoms with E-state index in [1.165, 1.54) is 0 Å². The van der Waals surface area contributed by atoms with Crippen LogP contribution in [-0.2, 0) is 4.79 Å². The molecule has 0 atom stereocenters. The number of fused-ring (bicyclic) bond motifs is 2. The zero-order valence-corrected chi connectivity index (χ0v) is 17.9. The lowest BCUT2D eigenvalue weighted by atomic mass is 10.1. The first-order valence-corrected chi connectivity index (χ1v) is 10.6. The van der Waals surface area contributed by atoms with E-state index in [0.29, 0.717) is 45.1 Å². The molecule has 1 saturated heterocycles. The second kappa shape index (κ2) is 8.74. The Kier molecular flexibility index (Phi) is 5.49. The van der Waals surface area contributed by atoms with E-state index < -0.39 is 0 Å². The zero-order chi connectivity index (χ0) is 21.9. The number of carbonyl (C=O) groups is 1. The van der Waals surface area contributed by atoms with Crippen molar-refractivity contribution >= 4 is 28.7 Å². The van der Waals surface area contributed by atoms with E-state index in [0.717, 1.165) is 33.8 Å². The van der Waals surface area contributed by atoms with Crippen LogP contribution in [0.25, 0.3) is 17.0 Å². The largest absolute Gasteiger partial charge is 0.497 e. The molecule has 0 aliphatic carbocycles. The monoisotopic (exact) mass is 432 g/mol. The van der Waals surface area contributed by atoms with Crippen LogP contribution in [0.2, 0.25) is 0 Å². The summed E-state index contributed by atoms with van der Waals surface area (Å²) in [6.45, 7) is 3.72. The molecular weight excluding hydrogens is 408 g/mol. The highest BCUT2D eigenvalue weighted by molar-refractivity contribution is 5.93. The molecule has 5 rings (SSSR count). The summed E-state index contributed by atoms with van der Waals surface area (Å²) in [6, 6.07) is 11.5. The summed E-state index contributed by atoms with van der Waals surface area (Å²) in [7, 11) is 1.63. The minimum atomic E-state index is 0.00707. The molecule has 32 heavy (non-hydrogen) atoms. The lowest BCUT2D eigenvalue weighted by Crippen LogP contribution is -2.48. The van der Waals surface area contributed by atoms with Gasteiger partial charge in [-0.1, -0.05) is 12.1 Å². The van der Waals surface area contributed by atoms with Gasteiger partial charge in [0, 0.05) is 43.7 Å². The number of hydrogen-bond acceptors (Lipinski definition) is 7. The first-order valence-electron chi connectivity index (χ1n) is 10.6. The van der Waals surface area contributed by atoms with Crippen molar-refractivity contribution in [1.29, 1.82) is 0 Å². The highest BCUT2D eigenvalue weighted by atomic mass is 16.6. The minimum absolute atomic E-state index is 0.00707. The van der Waals surface area contributed by atoms with Gasteiger partial charge >= 0.3 is 0 Å². The van der Waals surface area contributed by atoms with Gasteiger partial charge in [-0.15, -0.1) is 0 Å². The van der Waals surface area contributed by atoms with Crippen molar-refractivity contribution in [3.8, 4) is 17.2 Å². The number of aromatic nitrogens is 2. The molecule has 0 unspecified atom stereocenters. The van der Waals surface area contributed by atoms with Crippen LogP contribution >= 0.6 is 0 Å². The van der Waals surface area contributed by atoms with Gasteiger partial charge in [-0.3, -0.25) is 4.79 Å². The van der Waals surface area contributed by atoms with E-state index >= 15 is 0 Å². The molecule has 1 aromatic heterocycles. The fourth-order valence-corrected chi connectivity index (χ4v) is 3.96. The Balaban J connectivity index is 1.26. The van der Waals surface area contributed by atoms with Crippen LogP contribution in [0.15, 0.2) is 48.8 Å². The number of anilines is 1. The fourth-order valence-electron chi connectivity index (χ4n) is 3.96. The number of piperazine rings is 1. The van der Waals surface area contributed by atoms with Gasteiger partial charge in [0.15, 0.2) is 11.5 Å². The first-order chi connectivity index (χ1) is 15.7. The topological polar surface area (TPSA) is 77.0 Å². The van der Waals surface area contributed by atoms with Gasteiger partial charge < -0.3 is 24.0 Å². The highest BCUT2D eigenvalue weighted by Crippen LogP contribution is 2.36. The van der Waals surface area contributed by atoms with Crippen molar-refractivity contribution in [3.05, 3.63) is 54.4 Å². The normalized spacial score (nSPS) is 15.9. The lowest BCUT2D eigenvalue weighted by molar-refractivity contribution is -0.126. The SMILES string of the molecule is COc1ccc(C=CC(=O)N2CCN(c3ncnc4cc5c(cc34)OCCO5)CC2)cc1. The first kappa shape index (κ1) is 20.1. The summed E-state index contributed by atoms with van der Waals surface area (Å²) < 4.78 is 16.6. The van der Waals surface area contributed by atoms with Gasteiger partial charge in [0.05, 0.1) is 12.6 Å². The molecule has 8 heteroatoms. The summed E-state index contributed by atoms with van der Waals surface area (Å²) in [5, 5.41) is 0.927. The smallest absolute Gasteiger partial charge is 0.246 e. The number of benzene rings is 2. The van der Waals surface area contributed by atoms with Crippen molar-refractivity contribution < 1.29 is 19.0 Å². The molecule has 1 amide bonds. The standard InChI is InChI=1S/C24H24N4O4/c1-30-18-5-2-17(3-6-18)4-7-23(29)27-8-10-28(11-9-27)24-19-14-21-22(32-13-12-31-21)15-20(19)25-16-26-24/h2-7,14-16H,8-13H2,1H3. The average molecular weight is 432 g/mol. The van der Waals surface area contributed by atoms with E-state index in [9.17, 15) is 4.79 Å². The molecule has 0 N–H and O–H groups in total. The Hall–Kier alpha value is -3.81. The van der Waals surface area contributed by atoms with Crippen molar-refractivity contribution in [2.75, 3.05) is 51.4 Å². The van der Waals surface area contributed by atoms with Crippen LogP contribution in [0.1, 0.15) is 5.56 Å². The van der Waals surface area contributed by atoms with Crippen molar-refractivity contribution in [2.24, 2.45) is 0 Å². The number of ether oxygens (including phenoxy) is 3. The van der Waals surface area contributed by atoms with E-state index in [4.69, 9.17) is 14.2 Å². The minimum Gasteiger partial charge on any atom is -0.497 e. The van der Waals surface area contributed by atoms with Crippen molar-refractivity contribution in [2.45, 2.75) is 0 Å². The molecule has 0 spiro atoms. The third kappa shape index (κ3) is 4.03. The fraction of sp³-hybridized carbons (Fsp3) is 0.292. The van der Waals surface area contributed by atoms with E-state index in [1.807, 2.05) is 47.4 Å². The number of carbonyl (C=O) groups excluding carboxylic acids is 1. The molecule has 0 bridgehead atoms. The predicted octanol–water partition coefficient (Wildman–Crippen LogP) is 2.77. The molecular formula is C24H24N4O4. The van der Waals surface area contributed by atoms with Gasteiger partial charge in [-0.2, -0.15) is 0 Å².